The topological polar surface area (TPSA) is 46.7 Å². The van der Waals surface area contributed by atoms with E-state index in [2.05, 4.69) is 261 Å². The van der Waals surface area contributed by atoms with Crippen LogP contribution in [-0.4, -0.2) is 16.2 Å². The molecule has 0 aliphatic carbocycles. The lowest BCUT2D eigenvalue weighted by Gasteiger charge is -2.30. The Hall–Kier alpha value is -8.09. The van der Waals surface area contributed by atoms with Crippen molar-refractivity contribution in [3.63, 3.8) is 0 Å². The molecule has 0 atom stereocenters. The van der Waals surface area contributed by atoms with E-state index in [1.54, 1.807) is 0 Å². The van der Waals surface area contributed by atoms with Gasteiger partial charge >= 0.3 is 0 Å². The van der Waals surface area contributed by atoms with Crippen molar-refractivity contribution in [2.75, 3.05) is 16.5 Å². The number of hydrogen-bond acceptors (Lipinski definition) is 5. The molecule has 380 valence electrons. The molecule has 6 nitrogen and oxygen atoms in total. The first-order valence-corrected chi connectivity index (χ1v) is 26.9. The quantitative estimate of drug-likeness (QED) is 0.159. The lowest BCUT2D eigenvalue weighted by atomic mass is 9.81. The molecule has 1 aliphatic heterocycles. The fourth-order valence-electron chi connectivity index (χ4n) is 11.2. The summed E-state index contributed by atoms with van der Waals surface area (Å²) in [5, 5.41) is 4.33. The molecule has 1 aliphatic rings. The molecular weight excluding hydrogens is 929 g/mol. The highest BCUT2D eigenvalue weighted by molar-refractivity contribution is 6.24. The van der Waals surface area contributed by atoms with E-state index in [9.17, 15) is 0 Å². The number of rotatable bonds is 7. The summed E-state index contributed by atoms with van der Waals surface area (Å²) in [4.78, 5) is 9.95. The Morgan fingerprint density at radius 2 is 1.03 bits per heavy atom. The number of para-hydroxylation sites is 3. The normalized spacial score (nSPS) is 13.4. The van der Waals surface area contributed by atoms with Crippen LogP contribution >= 0.6 is 0 Å². The zero-order valence-corrected chi connectivity index (χ0v) is 46.1. The number of anilines is 4. The third kappa shape index (κ3) is 8.58. The Bertz CT molecular complexity index is 3960. The number of ether oxygens (including phenoxy) is 1. The predicted molar refractivity (Wildman–Crippen MR) is 320 cm³/mol. The Morgan fingerprint density at radius 3 is 1.66 bits per heavy atom. The molecule has 12 rings (SSSR count). The Kier molecular flexibility index (Phi) is 11.4. The molecule has 0 amide bonds. The Labute approximate surface area is 448 Å². The van der Waals surface area contributed by atoms with Gasteiger partial charge in [-0.15, -0.1) is 0 Å². The maximum Gasteiger partial charge on any atom is 0.145 e. The highest BCUT2D eigenvalue weighted by atomic mass is 16.5. The van der Waals surface area contributed by atoms with Crippen LogP contribution < -0.4 is 14.5 Å². The molecular formula is C70H68N4O2. The molecule has 11 aromatic rings. The van der Waals surface area contributed by atoms with E-state index < -0.39 is 0 Å². The van der Waals surface area contributed by atoms with Crippen LogP contribution in [-0.2, 0) is 21.7 Å². The monoisotopic (exact) mass is 997 g/mol. The van der Waals surface area contributed by atoms with Crippen LogP contribution in [0, 0.1) is 0 Å². The number of nitrogens with zero attached hydrogens (tertiary/aromatic N) is 4. The van der Waals surface area contributed by atoms with Crippen LogP contribution in [0.4, 0.5) is 22.7 Å². The highest BCUT2D eigenvalue weighted by Crippen LogP contribution is 2.52. The van der Waals surface area contributed by atoms with Gasteiger partial charge in [-0.3, -0.25) is 4.57 Å². The number of furan rings is 1. The number of benzene rings is 8. The van der Waals surface area contributed by atoms with E-state index in [-0.39, 0.29) is 21.7 Å². The molecule has 0 saturated heterocycles. The first-order valence-electron chi connectivity index (χ1n) is 26.9. The average Bonchev–Trinajstić information content (AvgIpc) is 4.10. The molecule has 76 heavy (non-hydrogen) atoms. The predicted octanol–water partition coefficient (Wildman–Crippen LogP) is 19.6. The summed E-state index contributed by atoms with van der Waals surface area (Å²) >= 11 is 0. The van der Waals surface area contributed by atoms with Crippen LogP contribution in [0.15, 0.2) is 187 Å². The third-order valence-electron chi connectivity index (χ3n) is 15.6. The molecule has 8 aromatic carbocycles. The van der Waals surface area contributed by atoms with Crippen LogP contribution in [0.5, 0.6) is 11.5 Å². The van der Waals surface area contributed by atoms with Gasteiger partial charge in [-0.1, -0.05) is 168 Å². The maximum absolute atomic E-state index is 6.95. The summed E-state index contributed by atoms with van der Waals surface area (Å²) in [6, 6.07) is 64.2. The highest BCUT2D eigenvalue weighted by Gasteiger charge is 2.33. The van der Waals surface area contributed by atoms with Gasteiger partial charge < -0.3 is 19.0 Å². The van der Waals surface area contributed by atoms with Crippen molar-refractivity contribution in [1.29, 1.82) is 0 Å². The van der Waals surface area contributed by atoms with Gasteiger partial charge in [0.2, 0.25) is 0 Å². The van der Waals surface area contributed by atoms with Crippen molar-refractivity contribution in [1.82, 2.24) is 9.55 Å². The maximum atomic E-state index is 6.95. The first kappa shape index (κ1) is 48.8. The summed E-state index contributed by atoms with van der Waals surface area (Å²) in [6.07, 6.45) is 1.92. The average molecular weight is 997 g/mol. The number of fused-ring (bicyclic) bond motifs is 8. The largest absolute Gasteiger partial charge is 0.457 e. The molecule has 0 N–H and O–H groups in total. The van der Waals surface area contributed by atoms with E-state index in [4.69, 9.17) is 14.1 Å². The van der Waals surface area contributed by atoms with Gasteiger partial charge in [-0.2, -0.15) is 0 Å². The summed E-state index contributed by atoms with van der Waals surface area (Å²) in [5.74, 6) is 2.33. The van der Waals surface area contributed by atoms with E-state index in [0.29, 0.717) is 6.67 Å². The van der Waals surface area contributed by atoms with Crippen LogP contribution in [0.3, 0.4) is 0 Å². The summed E-state index contributed by atoms with van der Waals surface area (Å²) < 4.78 is 15.9. The van der Waals surface area contributed by atoms with Crippen molar-refractivity contribution < 1.29 is 9.15 Å². The smallest absolute Gasteiger partial charge is 0.145 e. The van der Waals surface area contributed by atoms with Crippen molar-refractivity contribution in [2.45, 2.75) is 105 Å². The van der Waals surface area contributed by atoms with E-state index in [0.717, 1.165) is 78.1 Å². The zero-order chi connectivity index (χ0) is 53.1. The van der Waals surface area contributed by atoms with Crippen molar-refractivity contribution in [2.24, 2.45) is 0 Å². The Balaban J connectivity index is 0.969. The minimum atomic E-state index is -0.0928. The molecule has 0 saturated carbocycles. The van der Waals surface area contributed by atoms with E-state index in [1.807, 2.05) is 18.3 Å². The summed E-state index contributed by atoms with van der Waals surface area (Å²) in [7, 11) is 0. The molecule has 6 heteroatoms. The minimum absolute atomic E-state index is 0.0350. The number of aromatic nitrogens is 2. The lowest BCUT2D eigenvalue weighted by Crippen LogP contribution is -2.25. The molecule has 0 fully saturated rings. The molecule has 0 unspecified atom stereocenters. The van der Waals surface area contributed by atoms with Gasteiger partial charge in [-0.25, -0.2) is 4.98 Å². The van der Waals surface area contributed by atoms with Gasteiger partial charge in [0, 0.05) is 51.3 Å². The van der Waals surface area contributed by atoms with Crippen LogP contribution in [0.2, 0.25) is 0 Å². The standard InChI is InChI=1S/C70H68N4O2/c1-67(2,3)46-28-24-44(25-29-46)56-38-49(70(10,11)12)39-57(45-26-30-47(31-27-45)68(4,5)6)65(56)73-43-72(58-21-14-15-22-59(58)73)50-18-17-19-51(41-50)75-52-32-33-55-61(42-52)74(63-40-48(36-37-71-63)69(7,8)9)60-35-34-54-53-20-13-16-23-62(53)76-66(54)64(55)60/h13-42H,43H2,1-12H3. The van der Waals surface area contributed by atoms with E-state index >= 15 is 0 Å². The van der Waals surface area contributed by atoms with E-state index in [1.165, 1.54) is 50.2 Å². The molecule has 3 aromatic heterocycles. The minimum Gasteiger partial charge on any atom is -0.457 e. The van der Waals surface area contributed by atoms with Crippen LogP contribution in [0.1, 0.15) is 105 Å². The van der Waals surface area contributed by atoms with Gasteiger partial charge in [-0.05, 0) is 134 Å². The second-order valence-corrected chi connectivity index (χ2v) is 25.0. The SMILES string of the molecule is CC(C)(C)c1ccc(-c2cc(C(C)(C)C)cc(-c3ccc(C(C)(C)C)cc3)c2N2CN(c3cccc(Oc4ccc5c6c7oc8ccccc8c7ccc6n(-c6cc(C(C)(C)C)ccn6)c5c4)c3)c3ccccc32)cc1. The van der Waals surface area contributed by atoms with Gasteiger partial charge in [0.1, 0.15) is 35.2 Å². The third-order valence-corrected chi connectivity index (χ3v) is 15.6. The summed E-state index contributed by atoms with van der Waals surface area (Å²) in [6.45, 7) is 28.0. The van der Waals surface area contributed by atoms with Crippen molar-refractivity contribution >= 4 is 66.5 Å². The fraction of sp³-hybridized carbons (Fsp3) is 0.243. The second-order valence-electron chi connectivity index (χ2n) is 25.0. The molecule has 4 heterocycles. The van der Waals surface area contributed by atoms with Crippen molar-refractivity contribution in [3.8, 4) is 39.6 Å². The van der Waals surface area contributed by atoms with Crippen LogP contribution in [0.25, 0.3) is 71.8 Å². The number of hydrogen-bond donors (Lipinski definition) is 0. The van der Waals surface area contributed by atoms with Gasteiger partial charge in [0.05, 0.1) is 33.5 Å². The van der Waals surface area contributed by atoms with Gasteiger partial charge in [0.15, 0.2) is 0 Å². The summed E-state index contributed by atoms with van der Waals surface area (Å²) in [5.41, 5.74) is 18.2. The molecule has 0 radical (unpaired) electrons. The first-order chi connectivity index (χ1) is 36.2. The van der Waals surface area contributed by atoms with Crippen molar-refractivity contribution in [3.05, 3.63) is 204 Å². The molecule has 0 spiro atoms. The lowest BCUT2D eigenvalue weighted by molar-refractivity contribution is 0.483. The fourth-order valence-corrected chi connectivity index (χ4v) is 11.2. The molecule has 0 bridgehead atoms. The number of pyridine rings is 1. The van der Waals surface area contributed by atoms with Gasteiger partial charge in [0.25, 0.3) is 0 Å². The zero-order valence-electron chi connectivity index (χ0n) is 46.1. The second kappa shape index (κ2) is 17.8. The Morgan fingerprint density at radius 1 is 0.447 bits per heavy atom.